The SMILES string of the molecule is O=C(CCC1CCNCC1F)c1ccc([C@@H]2C[C@H]2C(=O)Cc2ccc3cnccc3c2)cc1. The lowest BCUT2D eigenvalue weighted by Gasteiger charge is -2.26. The van der Waals surface area contributed by atoms with Gasteiger partial charge in [0.15, 0.2) is 5.78 Å². The van der Waals surface area contributed by atoms with E-state index in [9.17, 15) is 14.0 Å². The van der Waals surface area contributed by atoms with Gasteiger partial charge in [0.1, 0.15) is 12.0 Å². The zero-order valence-corrected chi connectivity index (χ0v) is 18.7. The summed E-state index contributed by atoms with van der Waals surface area (Å²) >= 11 is 0. The van der Waals surface area contributed by atoms with Gasteiger partial charge in [-0.25, -0.2) is 4.39 Å². The number of carbonyl (C=O) groups is 2. The molecule has 170 valence electrons. The summed E-state index contributed by atoms with van der Waals surface area (Å²) in [5.74, 6) is 0.625. The fourth-order valence-electron chi connectivity index (χ4n) is 5.07. The van der Waals surface area contributed by atoms with Crippen molar-refractivity contribution in [3.63, 3.8) is 0 Å². The molecule has 5 rings (SSSR count). The molecule has 0 spiro atoms. The molecule has 0 bridgehead atoms. The molecule has 2 aliphatic rings. The number of hydrogen-bond acceptors (Lipinski definition) is 4. The van der Waals surface area contributed by atoms with E-state index < -0.39 is 6.17 Å². The number of ketones is 2. The Morgan fingerprint density at radius 3 is 2.73 bits per heavy atom. The highest BCUT2D eigenvalue weighted by molar-refractivity contribution is 5.96. The Morgan fingerprint density at radius 2 is 1.91 bits per heavy atom. The number of piperidine rings is 1. The fraction of sp³-hybridized carbons (Fsp3) is 0.393. The number of nitrogens with one attached hydrogen (secondary N) is 1. The Labute approximate surface area is 193 Å². The van der Waals surface area contributed by atoms with Gasteiger partial charge >= 0.3 is 0 Å². The Bertz CT molecular complexity index is 1160. The number of nitrogens with zero attached hydrogens (tertiary/aromatic N) is 1. The van der Waals surface area contributed by atoms with Crippen LogP contribution in [0, 0.1) is 11.8 Å². The number of rotatable bonds is 8. The highest BCUT2D eigenvalue weighted by atomic mass is 19.1. The monoisotopic (exact) mass is 444 g/mol. The third-order valence-corrected chi connectivity index (χ3v) is 7.23. The van der Waals surface area contributed by atoms with Gasteiger partial charge < -0.3 is 5.32 Å². The first kappa shape index (κ1) is 21.9. The first-order chi connectivity index (χ1) is 16.1. The number of aromatic nitrogens is 1. The number of Topliss-reactive ketones (excluding diaryl/α,β-unsaturated/α-hetero) is 2. The molecule has 4 nitrogen and oxygen atoms in total. The number of hydrogen-bond donors (Lipinski definition) is 1. The number of pyridine rings is 1. The van der Waals surface area contributed by atoms with Crippen LogP contribution in [0.15, 0.2) is 60.9 Å². The summed E-state index contributed by atoms with van der Waals surface area (Å²) in [4.78, 5) is 29.5. The predicted molar refractivity (Wildman–Crippen MR) is 127 cm³/mol. The van der Waals surface area contributed by atoms with Crippen LogP contribution in [0.3, 0.4) is 0 Å². The van der Waals surface area contributed by atoms with E-state index in [2.05, 4.69) is 16.4 Å². The average molecular weight is 445 g/mol. The van der Waals surface area contributed by atoms with Crippen molar-refractivity contribution in [2.24, 2.45) is 11.8 Å². The van der Waals surface area contributed by atoms with Gasteiger partial charge in [0, 0.05) is 48.6 Å². The molecular formula is C28H29FN2O2. The van der Waals surface area contributed by atoms with Gasteiger partial charge in [-0.3, -0.25) is 14.6 Å². The average Bonchev–Trinajstić information content (AvgIpc) is 3.65. The van der Waals surface area contributed by atoms with E-state index in [0.717, 1.165) is 41.3 Å². The van der Waals surface area contributed by atoms with Crippen molar-refractivity contribution in [3.05, 3.63) is 77.6 Å². The standard InChI is InChI=1S/C28H29FN2O2/c29-26-17-31-11-9-20(26)7-8-27(32)21-5-3-19(4-6-21)24-15-25(24)28(33)14-18-1-2-23-16-30-12-10-22(23)13-18/h1-6,10,12-13,16,20,24-26,31H,7-9,11,14-15,17H2/t20?,24-,25+,26?/m0/s1. The van der Waals surface area contributed by atoms with E-state index in [-0.39, 0.29) is 29.3 Å². The summed E-state index contributed by atoms with van der Waals surface area (Å²) < 4.78 is 14.0. The Morgan fingerprint density at radius 1 is 1.06 bits per heavy atom. The molecule has 2 unspecified atom stereocenters. The Hall–Kier alpha value is -2.92. The zero-order valence-electron chi connectivity index (χ0n) is 18.7. The van der Waals surface area contributed by atoms with Crippen LogP contribution in [0.2, 0.25) is 0 Å². The van der Waals surface area contributed by atoms with Crippen molar-refractivity contribution in [2.75, 3.05) is 13.1 Å². The molecule has 2 aromatic carbocycles. The molecule has 2 heterocycles. The fourth-order valence-corrected chi connectivity index (χ4v) is 5.07. The minimum atomic E-state index is -0.857. The van der Waals surface area contributed by atoms with E-state index in [1.807, 2.05) is 48.7 Å². The second-order valence-corrected chi connectivity index (χ2v) is 9.50. The van der Waals surface area contributed by atoms with E-state index in [1.165, 1.54) is 0 Å². The van der Waals surface area contributed by atoms with Crippen LogP contribution >= 0.6 is 0 Å². The predicted octanol–water partition coefficient (Wildman–Crippen LogP) is 5.06. The molecule has 1 aliphatic carbocycles. The third kappa shape index (κ3) is 5.03. The quantitative estimate of drug-likeness (QED) is 0.494. The maximum absolute atomic E-state index is 14.0. The van der Waals surface area contributed by atoms with Crippen molar-refractivity contribution >= 4 is 22.3 Å². The molecule has 1 saturated carbocycles. The topological polar surface area (TPSA) is 59.1 Å². The van der Waals surface area contributed by atoms with Gasteiger partial charge in [-0.1, -0.05) is 42.5 Å². The summed E-state index contributed by atoms with van der Waals surface area (Å²) in [6.07, 6.45) is 5.84. The molecule has 1 saturated heterocycles. The largest absolute Gasteiger partial charge is 0.314 e. The molecule has 5 heteroatoms. The van der Waals surface area contributed by atoms with Gasteiger partial charge in [-0.05, 0) is 60.2 Å². The second-order valence-electron chi connectivity index (χ2n) is 9.50. The van der Waals surface area contributed by atoms with Crippen molar-refractivity contribution < 1.29 is 14.0 Å². The van der Waals surface area contributed by atoms with Crippen molar-refractivity contribution in [1.29, 1.82) is 0 Å². The van der Waals surface area contributed by atoms with Crippen LogP contribution in [0.1, 0.15) is 53.1 Å². The highest BCUT2D eigenvalue weighted by Gasteiger charge is 2.43. The third-order valence-electron chi connectivity index (χ3n) is 7.23. The van der Waals surface area contributed by atoms with Crippen LogP contribution in [0.25, 0.3) is 10.8 Å². The highest BCUT2D eigenvalue weighted by Crippen LogP contribution is 2.48. The number of carbonyl (C=O) groups excluding carboxylic acids is 2. The Kier molecular flexibility index (Phi) is 6.32. The summed E-state index contributed by atoms with van der Waals surface area (Å²) in [6, 6.07) is 15.8. The molecule has 0 radical (unpaired) electrons. The lowest BCUT2D eigenvalue weighted by molar-refractivity contribution is -0.119. The van der Waals surface area contributed by atoms with Gasteiger partial charge in [0.2, 0.25) is 0 Å². The first-order valence-electron chi connectivity index (χ1n) is 11.9. The summed E-state index contributed by atoms with van der Waals surface area (Å²) in [5, 5.41) is 5.23. The van der Waals surface area contributed by atoms with Gasteiger partial charge in [-0.2, -0.15) is 0 Å². The normalized spacial score (nSPS) is 24.5. The van der Waals surface area contributed by atoms with Crippen LogP contribution in [0.4, 0.5) is 4.39 Å². The van der Waals surface area contributed by atoms with E-state index in [1.54, 1.807) is 6.20 Å². The molecule has 33 heavy (non-hydrogen) atoms. The van der Waals surface area contributed by atoms with Gasteiger partial charge in [-0.15, -0.1) is 0 Å². The summed E-state index contributed by atoms with van der Waals surface area (Å²) in [5.41, 5.74) is 2.84. The zero-order chi connectivity index (χ0) is 22.8. The first-order valence-corrected chi connectivity index (χ1v) is 11.9. The van der Waals surface area contributed by atoms with E-state index in [0.29, 0.717) is 31.4 Å². The molecular weight excluding hydrogens is 415 g/mol. The number of halogens is 1. The molecule has 4 atom stereocenters. The minimum Gasteiger partial charge on any atom is -0.314 e. The van der Waals surface area contributed by atoms with Crippen LogP contribution in [-0.4, -0.2) is 35.8 Å². The van der Waals surface area contributed by atoms with Crippen LogP contribution in [-0.2, 0) is 11.2 Å². The van der Waals surface area contributed by atoms with Gasteiger partial charge in [0.05, 0.1) is 0 Å². The number of benzene rings is 2. The molecule has 1 aromatic heterocycles. The maximum atomic E-state index is 14.0. The van der Waals surface area contributed by atoms with Crippen molar-refractivity contribution in [2.45, 2.75) is 44.2 Å². The van der Waals surface area contributed by atoms with Crippen molar-refractivity contribution in [3.8, 4) is 0 Å². The van der Waals surface area contributed by atoms with Crippen LogP contribution in [0.5, 0.6) is 0 Å². The lowest BCUT2D eigenvalue weighted by atomic mass is 9.89. The number of fused-ring (bicyclic) bond motifs is 1. The summed E-state index contributed by atoms with van der Waals surface area (Å²) in [6.45, 7) is 1.22. The smallest absolute Gasteiger partial charge is 0.162 e. The minimum absolute atomic E-state index is 0.0213. The molecule has 0 amide bonds. The number of alkyl halides is 1. The second kappa shape index (κ2) is 9.52. The lowest BCUT2D eigenvalue weighted by Crippen LogP contribution is -2.38. The van der Waals surface area contributed by atoms with E-state index >= 15 is 0 Å². The summed E-state index contributed by atoms with van der Waals surface area (Å²) in [7, 11) is 0. The van der Waals surface area contributed by atoms with Crippen LogP contribution < -0.4 is 5.32 Å². The van der Waals surface area contributed by atoms with E-state index in [4.69, 9.17) is 0 Å². The molecule has 2 fully saturated rings. The Balaban J connectivity index is 1.14. The van der Waals surface area contributed by atoms with Crippen molar-refractivity contribution in [1.82, 2.24) is 10.3 Å². The van der Waals surface area contributed by atoms with Gasteiger partial charge in [0.25, 0.3) is 0 Å². The molecule has 1 N–H and O–H groups in total. The molecule has 1 aliphatic heterocycles. The molecule has 3 aromatic rings. The maximum Gasteiger partial charge on any atom is 0.162 e.